The Morgan fingerprint density at radius 1 is 0.630 bits per heavy atom. The SMILES string of the molecule is CC(C)Oc1ccccc1.CC(C)Sc1ccccc1.[CH3-].[CH3-].[Y].[Y].[Y].[Y].[Y]. The van der Waals surface area contributed by atoms with Gasteiger partial charge in [-0.05, 0) is 38.1 Å². The van der Waals surface area contributed by atoms with Crippen molar-refractivity contribution in [2.45, 2.75) is 43.9 Å². The van der Waals surface area contributed by atoms with Gasteiger partial charge in [0.15, 0.2) is 0 Å². The van der Waals surface area contributed by atoms with Crippen molar-refractivity contribution in [1.82, 2.24) is 0 Å². The molecule has 2 rings (SSSR count). The Morgan fingerprint density at radius 2 is 1.00 bits per heavy atom. The van der Waals surface area contributed by atoms with E-state index in [9.17, 15) is 0 Å². The van der Waals surface area contributed by atoms with Crippen LogP contribution in [0, 0.1) is 14.9 Å². The molecule has 0 heterocycles. The van der Waals surface area contributed by atoms with Gasteiger partial charge in [-0.3, -0.25) is 0 Å². The van der Waals surface area contributed by atoms with Crippen molar-refractivity contribution < 1.29 is 168 Å². The fraction of sp³-hybridized carbons (Fsp3) is 0.300. The maximum atomic E-state index is 5.41. The van der Waals surface area contributed by atoms with Crippen LogP contribution in [0.2, 0.25) is 0 Å². The number of thioether (sulfide) groups is 1. The third-order valence-corrected chi connectivity index (χ3v) is 3.25. The van der Waals surface area contributed by atoms with Crippen molar-refractivity contribution in [3.63, 3.8) is 0 Å². The van der Waals surface area contributed by atoms with E-state index in [1.54, 1.807) is 0 Å². The summed E-state index contributed by atoms with van der Waals surface area (Å²) in [6.07, 6.45) is 0.266. The first kappa shape index (κ1) is 48.5. The van der Waals surface area contributed by atoms with Crippen molar-refractivity contribution in [2.75, 3.05) is 0 Å². The fourth-order valence-electron chi connectivity index (χ4n) is 1.54. The zero-order valence-electron chi connectivity index (χ0n) is 17.6. The number of hydrogen-bond acceptors (Lipinski definition) is 2. The molecule has 0 unspecified atom stereocenters. The average Bonchev–Trinajstić information content (AvgIpc) is 2.40. The van der Waals surface area contributed by atoms with Crippen LogP contribution < -0.4 is 4.74 Å². The monoisotopic (exact) mass is 763 g/mol. The minimum atomic E-state index is 0. The Bertz CT molecular complexity index is 425. The number of ether oxygens (including phenoxy) is 1. The zero-order chi connectivity index (χ0) is 14.8. The minimum Gasteiger partial charge on any atom is -0.491 e. The summed E-state index contributed by atoms with van der Waals surface area (Å²) in [6.45, 7) is 8.45. The van der Waals surface area contributed by atoms with Gasteiger partial charge in [-0.2, -0.15) is 0 Å². The molecule has 2 aromatic carbocycles. The number of benzene rings is 2. The maximum absolute atomic E-state index is 5.41. The summed E-state index contributed by atoms with van der Waals surface area (Å²) in [5.74, 6) is 0.942. The number of rotatable bonds is 4. The molecule has 5 radical (unpaired) electrons. The summed E-state index contributed by atoms with van der Waals surface area (Å²) < 4.78 is 5.41. The summed E-state index contributed by atoms with van der Waals surface area (Å²) in [6, 6.07) is 20.3. The van der Waals surface area contributed by atoms with Crippen molar-refractivity contribution in [3.8, 4) is 5.75 Å². The Hall–Kier alpha value is 4.11. The Kier molecular flexibility index (Phi) is 58.0. The summed E-state index contributed by atoms with van der Waals surface area (Å²) in [5.41, 5.74) is 0. The van der Waals surface area contributed by atoms with Crippen molar-refractivity contribution in [2.24, 2.45) is 0 Å². The molecular weight excluding hydrogens is 733 g/mol. The predicted octanol–water partition coefficient (Wildman–Crippen LogP) is 6.55. The first-order valence-electron chi connectivity index (χ1n) is 7.01. The third-order valence-electron chi connectivity index (χ3n) is 2.23. The molecule has 27 heavy (non-hydrogen) atoms. The number of para-hydroxylation sites is 1. The second-order valence-electron chi connectivity index (χ2n) is 4.96. The van der Waals surface area contributed by atoms with Gasteiger partial charge in [-0.25, -0.2) is 0 Å². The fourth-order valence-corrected chi connectivity index (χ4v) is 2.40. The third kappa shape index (κ3) is 30.1. The molecule has 0 saturated carbocycles. The van der Waals surface area contributed by atoms with Crippen LogP contribution in [0.25, 0.3) is 0 Å². The first-order chi connectivity index (χ1) is 9.58. The molecule has 0 atom stereocenters. The van der Waals surface area contributed by atoms with E-state index in [1.807, 2.05) is 62.0 Å². The van der Waals surface area contributed by atoms with Gasteiger partial charge in [0, 0.05) is 174 Å². The molecule has 2 aromatic rings. The van der Waals surface area contributed by atoms with Crippen molar-refractivity contribution in [1.29, 1.82) is 0 Å². The van der Waals surface area contributed by atoms with Gasteiger partial charge in [0.25, 0.3) is 0 Å². The van der Waals surface area contributed by atoms with E-state index < -0.39 is 0 Å². The van der Waals surface area contributed by atoms with Crippen LogP contribution in [-0.2, 0) is 164 Å². The van der Waals surface area contributed by atoms with Crippen LogP contribution >= 0.6 is 11.8 Å². The quantitative estimate of drug-likeness (QED) is 0.259. The van der Waals surface area contributed by atoms with Gasteiger partial charge in [-0.15, -0.1) is 11.8 Å². The molecule has 7 heteroatoms. The standard InChI is InChI=1S/C9H12O.C9H12S.2CH3.5Y/c2*1-8(2)10-9-6-4-3-5-7-9;;;;;;;/h2*3-8H,1-2H3;2*1H3;;;;;/q;;2*-1;;;;;. The van der Waals surface area contributed by atoms with E-state index >= 15 is 0 Å². The molecule has 0 fully saturated rings. The van der Waals surface area contributed by atoms with E-state index in [0.29, 0.717) is 5.25 Å². The van der Waals surface area contributed by atoms with Crippen LogP contribution in [0.3, 0.4) is 0 Å². The second kappa shape index (κ2) is 32.3. The van der Waals surface area contributed by atoms with Crippen molar-refractivity contribution in [3.05, 3.63) is 75.5 Å². The molecule has 0 bridgehead atoms. The predicted molar refractivity (Wildman–Crippen MR) is 102 cm³/mol. The van der Waals surface area contributed by atoms with Crippen LogP contribution in [0.4, 0.5) is 0 Å². The molecular formula is C20H30OSY5-2. The first-order valence-corrected chi connectivity index (χ1v) is 7.89. The summed E-state index contributed by atoms with van der Waals surface area (Å²) >= 11 is 1.90. The van der Waals surface area contributed by atoms with Gasteiger partial charge < -0.3 is 19.6 Å². The van der Waals surface area contributed by atoms with E-state index in [0.717, 1.165) is 5.75 Å². The van der Waals surface area contributed by atoms with Gasteiger partial charge in [-0.1, -0.05) is 50.2 Å². The second-order valence-corrected chi connectivity index (χ2v) is 6.61. The van der Waals surface area contributed by atoms with Crippen LogP contribution in [0.5, 0.6) is 5.75 Å². The van der Waals surface area contributed by atoms with Gasteiger partial charge >= 0.3 is 0 Å². The molecule has 0 aromatic heterocycles. The van der Waals surface area contributed by atoms with Gasteiger partial charge in [0.1, 0.15) is 5.75 Å². The topological polar surface area (TPSA) is 9.23 Å². The van der Waals surface area contributed by atoms with Crippen LogP contribution in [0.1, 0.15) is 27.7 Å². The molecule has 0 aliphatic rings. The average molecular weight is 763 g/mol. The Morgan fingerprint density at radius 3 is 1.33 bits per heavy atom. The largest absolute Gasteiger partial charge is 0.491 e. The maximum Gasteiger partial charge on any atom is 0.119 e. The van der Waals surface area contributed by atoms with Crippen LogP contribution in [-0.4, -0.2) is 11.4 Å². The van der Waals surface area contributed by atoms with E-state index in [-0.39, 0.29) is 185 Å². The molecule has 139 valence electrons. The summed E-state index contributed by atoms with van der Waals surface area (Å²) in [5, 5.41) is 0.683. The zero-order valence-corrected chi connectivity index (χ0v) is 32.6. The molecule has 0 spiro atoms. The minimum absolute atomic E-state index is 0. The molecule has 0 N–H and O–H groups in total. The summed E-state index contributed by atoms with van der Waals surface area (Å²) in [4.78, 5) is 1.36. The summed E-state index contributed by atoms with van der Waals surface area (Å²) in [7, 11) is 0. The molecule has 0 aliphatic carbocycles. The van der Waals surface area contributed by atoms with Crippen LogP contribution in [0.15, 0.2) is 65.6 Å². The van der Waals surface area contributed by atoms with E-state index in [4.69, 9.17) is 4.74 Å². The Balaban J connectivity index is -0.0000000471. The molecule has 0 saturated heterocycles. The number of hydrogen-bond donors (Lipinski definition) is 0. The smallest absolute Gasteiger partial charge is 0.119 e. The Labute approximate surface area is 299 Å². The normalized spacial score (nSPS) is 7.48. The van der Waals surface area contributed by atoms with E-state index in [2.05, 4.69) is 38.1 Å². The van der Waals surface area contributed by atoms with E-state index in [1.165, 1.54) is 4.90 Å². The molecule has 0 amide bonds. The molecule has 1 nitrogen and oxygen atoms in total. The van der Waals surface area contributed by atoms with Gasteiger partial charge in [0.2, 0.25) is 0 Å². The van der Waals surface area contributed by atoms with Gasteiger partial charge in [0.05, 0.1) is 6.10 Å². The van der Waals surface area contributed by atoms with Crippen molar-refractivity contribution >= 4 is 11.8 Å². The molecule has 0 aliphatic heterocycles.